The third kappa shape index (κ3) is 3.93. The van der Waals surface area contributed by atoms with E-state index in [1.807, 2.05) is 0 Å². The Morgan fingerprint density at radius 2 is 1.89 bits per heavy atom. The third-order valence-electron chi connectivity index (χ3n) is 4.37. The molecule has 0 bridgehead atoms. The van der Waals surface area contributed by atoms with Crippen LogP contribution in [0.15, 0.2) is 42.5 Å². The largest absolute Gasteiger partial charge is 0.493 e. The normalized spacial score (nSPS) is 42.1. The minimum atomic E-state index is -4.15. The molecule has 1 heterocycles. The summed E-state index contributed by atoms with van der Waals surface area (Å²) in [6.45, 7) is -7.92. The lowest BCUT2D eigenvalue weighted by molar-refractivity contribution is 0.0895. The standard InChI is InChI=1S/C24H29NO3/c1-27-22-14-19-13-20(24(26)21(19)15-23(22)28-2)12-17-8-10-25(11-9-17)16-18-6-4-3-5-7-18/h3-7,14-15,17,20H,8-13,16H2,1-2H3/i1D3,2D3,8D2,9D2,10D2,11D2,12D2,17D,20D. The van der Waals surface area contributed by atoms with E-state index in [2.05, 4.69) is 0 Å². The number of piperidine rings is 1. The Kier molecular flexibility index (Phi) is 2.14. The van der Waals surface area contributed by atoms with E-state index in [-0.39, 0.29) is 16.0 Å². The molecule has 2 aromatic rings. The summed E-state index contributed by atoms with van der Waals surface area (Å²) >= 11 is 0. The summed E-state index contributed by atoms with van der Waals surface area (Å²) in [5.41, 5.74) is -0.683. The summed E-state index contributed by atoms with van der Waals surface area (Å²) < 4.78 is 160. The number of fused-ring (bicyclic) bond motifs is 1. The molecule has 0 amide bonds. The van der Waals surface area contributed by atoms with Crippen LogP contribution < -0.4 is 9.47 Å². The first-order valence-electron chi connectivity index (χ1n) is 17.4. The van der Waals surface area contributed by atoms with Gasteiger partial charge in [0.1, 0.15) is 0 Å². The van der Waals surface area contributed by atoms with Crippen molar-refractivity contribution in [3.63, 3.8) is 0 Å². The van der Waals surface area contributed by atoms with Crippen LogP contribution in [0.3, 0.4) is 0 Å². The van der Waals surface area contributed by atoms with Gasteiger partial charge in [0.25, 0.3) is 0 Å². The summed E-state index contributed by atoms with van der Waals surface area (Å²) in [6.07, 6.45) is -13.0. The number of nitrogens with zero attached hydrogens (tertiary/aromatic N) is 1. The highest BCUT2D eigenvalue weighted by Crippen LogP contribution is 2.39. The minimum absolute atomic E-state index is 0.205. The van der Waals surface area contributed by atoms with Crippen LogP contribution in [-0.4, -0.2) is 37.8 Å². The number of methoxy groups -OCH3 is 2. The molecule has 1 aliphatic heterocycles. The molecule has 1 atom stereocenters. The Balaban J connectivity index is 1.89. The number of hydrogen-bond acceptors (Lipinski definition) is 4. The van der Waals surface area contributed by atoms with Crippen LogP contribution in [0, 0.1) is 11.8 Å². The van der Waals surface area contributed by atoms with Gasteiger partial charge in [-0.3, -0.25) is 9.69 Å². The number of hydrogen-bond donors (Lipinski definition) is 0. The van der Waals surface area contributed by atoms with E-state index < -0.39 is 93.8 Å². The number of ether oxygens (including phenoxy) is 2. The maximum atomic E-state index is 13.8. The third-order valence-corrected chi connectivity index (χ3v) is 4.37. The first kappa shape index (κ1) is 7.17. The van der Waals surface area contributed by atoms with Gasteiger partial charge >= 0.3 is 0 Å². The molecule has 1 fully saturated rings. The number of carbonyl (C=O) groups is 1. The molecule has 0 N–H and O–H groups in total. The Morgan fingerprint density at radius 1 is 1.18 bits per heavy atom. The van der Waals surface area contributed by atoms with Gasteiger partial charge in [-0.25, -0.2) is 0 Å². The second kappa shape index (κ2) is 8.36. The van der Waals surface area contributed by atoms with Gasteiger partial charge in [-0.05, 0) is 67.7 Å². The van der Waals surface area contributed by atoms with Gasteiger partial charge in [-0.2, -0.15) is 0 Å². The van der Waals surface area contributed by atoms with Gasteiger partial charge in [-0.15, -0.1) is 0 Å². The Morgan fingerprint density at radius 3 is 2.61 bits per heavy atom. The summed E-state index contributed by atoms with van der Waals surface area (Å²) in [4.78, 5) is 14.0. The van der Waals surface area contributed by atoms with Crippen LogP contribution >= 0.6 is 0 Å². The van der Waals surface area contributed by atoms with Gasteiger partial charge in [0.2, 0.25) is 0 Å². The number of likely N-dealkylation sites (tertiary alicyclic amines) is 1. The SMILES string of the molecule is [2H]C([2H])([2H])Oc1cc2c(cc1OC([2H])([2H])[2H])C(=O)C([2H])(C([2H])([2H])C1([2H])C([2H])([2H])C([2H])([2H])N(Cc3ccccc3)C([2H])([2H])C1([2H])[2H])C2. The van der Waals surface area contributed by atoms with E-state index in [1.54, 1.807) is 6.07 Å². The van der Waals surface area contributed by atoms with Gasteiger partial charge in [0.15, 0.2) is 17.3 Å². The maximum Gasteiger partial charge on any atom is 0.166 e. The molecular formula is C24H29NO3. The van der Waals surface area contributed by atoms with Crippen molar-refractivity contribution in [1.29, 1.82) is 0 Å². The second-order valence-corrected chi connectivity index (χ2v) is 6.19. The van der Waals surface area contributed by atoms with E-state index in [9.17, 15) is 4.79 Å². The lowest BCUT2D eigenvalue weighted by Gasteiger charge is -2.32. The van der Waals surface area contributed by atoms with E-state index >= 15 is 0 Å². The van der Waals surface area contributed by atoms with Crippen molar-refractivity contribution in [3.05, 3.63) is 59.2 Å². The number of ketones is 1. The molecule has 0 spiro atoms. The van der Waals surface area contributed by atoms with Crippen molar-refractivity contribution in [2.45, 2.75) is 32.1 Å². The number of Topliss-reactive ketones (excluding diaryl/α,β-unsaturated/α-hetero) is 1. The molecule has 1 unspecified atom stereocenters. The molecule has 0 saturated carbocycles. The van der Waals surface area contributed by atoms with Crippen LogP contribution in [0.1, 0.15) is 65.3 Å². The zero-order chi connectivity index (χ0) is 35.3. The summed E-state index contributed by atoms with van der Waals surface area (Å²) in [6, 6.07) is 9.02. The highest BCUT2D eigenvalue weighted by molar-refractivity contribution is 6.02. The highest BCUT2D eigenvalue weighted by Gasteiger charge is 2.34. The van der Waals surface area contributed by atoms with Gasteiger partial charge < -0.3 is 9.47 Å². The van der Waals surface area contributed by atoms with Crippen molar-refractivity contribution in [3.8, 4) is 11.5 Å². The van der Waals surface area contributed by atoms with Crippen molar-refractivity contribution < 1.29 is 38.9 Å². The van der Waals surface area contributed by atoms with E-state index in [1.165, 1.54) is 24.3 Å². The van der Waals surface area contributed by atoms with Gasteiger partial charge in [-0.1, -0.05) is 30.3 Å². The van der Waals surface area contributed by atoms with Crippen LogP contribution in [-0.2, 0) is 13.0 Å². The van der Waals surface area contributed by atoms with E-state index in [0.717, 1.165) is 6.07 Å². The van der Waals surface area contributed by atoms with Crippen LogP contribution in [0.5, 0.6) is 11.5 Å². The Labute approximate surface area is 192 Å². The van der Waals surface area contributed by atoms with Gasteiger partial charge in [0.05, 0.1) is 22.3 Å². The van der Waals surface area contributed by atoms with Crippen LogP contribution in [0.2, 0.25) is 0 Å². The zero-order valence-electron chi connectivity index (χ0n) is 32.6. The molecule has 0 radical (unpaired) electrons. The lowest BCUT2D eigenvalue weighted by Crippen LogP contribution is -2.34. The van der Waals surface area contributed by atoms with Crippen molar-refractivity contribution in [1.82, 2.24) is 4.90 Å². The summed E-state index contributed by atoms with van der Waals surface area (Å²) in [5, 5.41) is 0. The fourth-order valence-electron chi connectivity index (χ4n) is 3.02. The average Bonchev–Trinajstić information content (AvgIpc) is 3.14. The number of carbonyl (C=O) groups excluding carboxylic acids is 1. The average molecular weight is 398 g/mol. The number of benzene rings is 2. The molecule has 4 rings (SSSR count). The fourth-order valence-corrected chi connectivity index (χ4v) is 3.02. The predicted octanol–water partition coefficient (Wildman–Crippen LogP) is 4.36. The summed E-state index contributed by atoms with van der Waals surface area (Å²) in [5.74, 6) is -10.6. The first-order chi connectivity index (χ1) is 20.5. The van der Waals surface area contributed by atoms with Crippen LogP contribution in [0.4, 0.5) is 0 Å². The molecule has 2 aliphatic rings. The second-order valence-electron chi connectivity index (χ2n) is 6.19. The molecule has 1 saturated heterocycles. The topological polar surface area (TPSA) is 38.8 Å². The van der Waals surface area contributed by atoms with Crippen LogP contribution in [0.25, 0.3) is 0 Å². The van der Waals surface area contributed by atoms with Crippen molar-refractivity contribution in [2.75, 3.05) is 27.1 Å². The lowest BCUT2D eigenvalue weighted by atomic mass is 9.85. The van der Waals surface area contributed by atoms with Crippen molar-refractivity contribution >= 4 is 5.78 Å². The van der Waals surface area contributed by atoms with E-state index in [0.29, 0.717) is 6.07 Å². The highest BCUT2D eigenvalue weighted by atomic mass is 16.5. The monoisotopic (exact) mass is 397 g/mol. The molecule has 2 aromatic carbocycles. The smallest absolute Gasteiger partial charge is 0.166 e. The summed E-state index contributed by atoms with van der Waals surface area (Å²) in [7, 11) is -6.36. The zero-order valence-corrected chi connectivity index (χ0v) is 14.6. The molecule has 4 heteroatoms. The quantitative estimate of drug-likeness (QED) is 0.726. The fraction of sp³-hybridized carbons (Fsp3) is 0.458. The Bertz CT molecular complexity index is 1490. The Hall–Kier alpha value is -2.33. The predicted molar refractivity (Wildman–Crippen MR) is 110 cm³/mol. The van der Waals surface area contributed by atoms with E-state index in [4.69, 9.17) is 34.1 Å². The molecule has 4 nitrogen and oxygen atoms in total. The number of rotatable bonds is 6. The molecule has 148 valence electrons. The molecule has 28 heavy (non-hydrogen) atoms. The molecule has 1 aliphatic carbocycles. The molecule has 0 aromatic heterocycles. The molecular weight excluding hydrogens is 350 g/mol. The van der Waals surface area contributed by atoms with Gasteiger partial charge in [0, 0.05) is 34.5 Å². The van der Waals surface area contributed by atoms with Crippen molar-refractivity contribution in [2.24, 2.45) is 11.8 Å². The minimum Gasteiger partial charge on any atom is -0.493 e. The maximum absolute atomic E-state index is 13.8. The first-order valence-corrected chi connectivity index (χ1v) is 8.41.